The molecule has 0 radical (unpaired) electrons. The molecule has 0 unspecified atom stereocenters. The zero-order valence-corrected chi connectivity index (χ0v) is 14.0. The highest BCUT2D eigenvalue weighted by Gasteiger charge is 2.23. The van der Waals surface area contributed by atoms with Crippen molar-refractivity contribution < 1.29 is 4.79 Å². The summed E-state index contributed by atoms with van der Waals surface area (Å²) >= 11 is 29.1. The van der Waals surface area contributed by atoms with Crippen LogP contribution in [0.3, 0.4) is 0 Å². The molecule has 0 saturated heterocycles. The number of anilines is 1. The maximum Gasteiger partial charge on any atom is 0.258 e. The van der Waals surface area contributed by atoms with E-state index in [1.165, 1.54) is 30.5 Å². The van der Waals surface area contributed by atoms with E-state index >= 15 is 0 Å². The van der Waals surface area contributed by atoms with Gasteiger partial charge in [-0.25, -0.2) is 4.98 Å². The number of hydrogen-bond donors (Lipinski definition) is 1. The molecule has 0 aliphatic rings. The number of benzene rings is 1. The van der Waals surface area contributed by atoms with E-state index < -0.39 is 9.70 Å². The van der Waals surface area contributed by atoms with Crippen LogP contribution in [0.15, 0.2) is 36.5 Å². The lowest BCUT2D eigenvalue weighted by molar-refractivity contribution is 0.102. The fourth-order valence-corrected chi connectivity index (χ4v) is 2.38. The SMILES string of the molecule is O=C(Nc1cc(C(Cl)(Cl)Cl)ccn1)c1ccc(Cl)cc1Cl. The highest BCUT2D eigenvalue weighted by atomic mass is 35.6. The number of pyridine rings is 1. The third-order valence-corrected chi connectivity index (χ3v) is 3.71. The first-order valence-corrected chi connectivity index (χ1v) is 7.46. The molecule has 1 aromatic heterocycles. The summed E-state index contributed by atoms with van der Waals surface area (Å²) in [6.07, 6.45) is 1.43. The van der Waals surface area contributed by atoms with Crippen molar-refractivity contribution >= 4 is 69.7 Å². The first-order chi connectivity index (χ1) is 9.77. The third-order valence-electron chi connectivity index (χ3n) is 2.50. The standard InChI is InChI=1S/C13H7Cl5N2O/c14-8-1-2-9(10(15)6-8)12(21)20-11-5-7(3-4-19-11)13(16,17)18/h1-6H,(H,19,20,21). The number of carbonyl (C=O) groups excluding carboxylic acids is 1. The minimum absolute atomic E-state index is 0.234. The Morgan fingerprint density at radius 1 is 1.10 bits per heavy atom. The summed E-state index contributed by atoms with van der Waals surface area (Å²) in [5.41, 5.74) is 0.655. The van der Waals surface area contributed by atoms with Gasteiger partial charge in [0.2, 0.25) is 3.79 Å². The smallest absolute Gasteiger partial charge is 0.258 e. The molecule has 8 heteroatoms. The molecular formula is C13H7Cl5N2O. The van der Waals surface area contributed by atoms with Gasteiger partial charge in [-0.2, -0.15) is 0 Å². The van der Waals surface area contributed by atoms with Crippen molar-refractivity contribution in [2.45, 2.75) is 3.79 Å². The van der Waals surface area contributed by atoms with Crippen molar-refractivity contribution in [3.63, 3.8) is 0 Å². The topological polar surface area (TPSA) is 42.0 Å². The number of rotatable bonds is 2. The first kappa shape index (κ1) is 16.7. The fraction of sp³-hybridized carbons (Fsp3) is 0.0769. The van der Waals surface area contributed by atoms with Crippen molar-refractivity contribution in [1.82, 2.24) is 4.98 Å². The molecule has 2 aromatic rings. The Labute approximate surface area is 146 Å². The monoisotopic (exact) mass is 382 g/mol. The van der Waals surface area contributed by atoms with Crippen LogP contribution in [-0.4, -0.2) is 10.9 Å². The lowest BCUT2D eigenvalue weighted by Gasteiger charge is -2.12. The van der Waals surface area contributed by atoms with Crippen LogP contribution in [0.5, 0.6) is 0 Å². The number of aromatic nitrogens is 1. The lowest BCUT2D eigenvalue weighted by Crippen LogP contribution is -2.14. The molecule has 0 atom stereocenters. The minimum Gasteiger partial charge on any atom is -0.307 e. The van der Waals surface area contributed by atoms with Crippen LogP contribution in [0.4, 0.5) is 5.82 Å². The van der Waals surface area contributed by atoms with E-state index in [0.29, 0.717) is 10.6 Å². The maximum atomic E-state index is 12.1. The van der Waals surface area contributed by atoms with Gasteiger partial charge in [-0.15, -0.1) is 0 Å². The van der Waals surface area contributed by atoms with Gasteiger partial charge < -0.3 is 5.32 Å². The second-order valence-electron chi connectivity index (χ2n) is 4.01. The predicted molar refractivity (Wildman–Crippen MR) is 87.9 cm³/mol. The quantitative estimate of drug-likeness (QED) is 0.698. The summed E-state index contributed by atoms with van der Waals surface area (Å²) in [6.45, 7) is 0. The third kappa shape index (κ3) is 4.38. The van der Waals surface area contributed by atoms with Gasteiger partial charge in [-0.05, 0) is 30.3 Å². The molecule has 0 saturated carbocycles. The van der Waals surface area contributed by atoms with Crippen LogP contribution in [0.25, 0.3) is 0 Å². The van der Waals surface area contributed by atoms with Gasteiger partial charge in [0.05, 0.1) is 10.6 Å². The van der Waals surface area contributed by atoms with Gasteiger partial charge in [0.25, 0.3) is 5.91 Å². The Bertz CT molecular complexity index is 685. The van der Waals surface area contributed by atoms with Crippen molar-refractivity contribution in [2.75, 3.05) is 5.32 Å². The number of carbonyl (C=O) groups is 1. The van der Waals surface area contributed by atoms with E-state index in [1.807, 2.05) is 0 Å². The molecule has 0 spiro atoms. The summed E-state index contributed by atoms with van der Waals surface area (Å²) in [4.78, 5) is 16.1. The second-order valence-corrected chi connectivity index (χ2v) is 7.13. The van der Waals surface area contributed by atoms with Gasteiger partial charge in [0.1, 0.15) is 5.82 Å². The number of hydrogen-bond acceptors (Lipinski definition) is 2. The highest BCUT2D eigenvalue weighted by molar-refractivity contribution is 6.66. The van der Waals surface area contributed by atoms with Crippen molar-refractivity contribution in [2.24, 2.45) is 0 Å². The van der Waals surface area contributed by atoms with Crippen LogP contribution in [0.1, 0.15) is 15.9 Å². The molecule has 21 heavy (non-hydrogen) atoms. The molecule has 1 N–H and O–H groups in total. The largest absolute Gasteiger partial charge is 0.307 e. The summed E-state index contributed by atoms with van der Waals surface area (Å²) < 4.78 is -1.60. The summed E-state index contributed by atoms with van der Waals surface area (Å²) in [5.74, 6) is -0.194. The van der Waals surface area contributed by atoms with Crippen LogP contribution in [0, 0.1) is 0 Å². The summed E-state index contributed by atoms with van der Waals surface area (Å²) in [5, 5.41) is 3.25. The molecule has 3 nitrogen and oxygen atoms in total. The minimum atomic E-state index is -1.60. The van der Waals surface area contributed by atoms with Gasteiger partial charge in [0, 0.05) is 16.8 Å². The molecule has 1 aromatic carbocycles. The fourth-order valence-electron chi connectivity index (χ4n) is 1.53. The Morgan fingerprint density at radius 2 is 1.81 bits per heavy atom. The average molecular weight is 384 g/mol. The second kappa shape index (κ2) is 6.59. The Morgan fingerprint density at radius 3 is 2.43 bits per heavy atom. The summed E-state index contributed by atoms with van der Waals surface area (Å²) in [7, 11) is 0. The molecule has 0 aliphatic heterocycles. The number of amides is 1. The molecule has 2 rings (SSSR count). The average Bonchev–Trinajstić information content (AvgIpc) is 2.37. The predicted octanol–water partition coefficient (Wildman–Crippen LogP) is 5.47. The Hall–Kier alpha value is -0.710. The van der Waals surface area contributed by atoms with Crippen LogP contribution in [0.2, 0.25) is 10.0 Å². The maximum absolute atomic E-state index is 12.1. The van der Waals surface area contributed by atoms with Gasteiger partial charge in [0.15, 0.2) is 0 Å². The van der Waals surface area contributed by atoms with E-state index in [9.17, 15) is 4.79 Å². The van der Waals surface area contributed by atoms with Crippen LogP contribution < -0.4 is 5.32 Å². The van der Waals surface area contributed by atoms with E-state index in [-0.39, 0.29) is 16.4 Å². The van der Waals surface area contributed by atoms with Crippen molar-refractivity contribution in [1.29, 1.82) is 0 Å². The van der Waals surface area contributed by atoms with Gasteiger partial charge in [-0.1, -0.05) is 58.0 Å². The molecule has 110 valence electrons. The van der Waals surface area contributed by atoms with E-state index in [4.69, 9.17) is 58.0 Å². The van der Waals surface area contributed by atoms with Crippen molar-refractivity contribution in [3.05, 3.63) is 57.7 Å². The zero-order valence-electron chi connectivity index (χ0n) is 10.2. The molecular weight excluding hydrogens is 377 g/mol. The molecule has 0 fully saturated rings. The van der Waals surface area contributed by atoms with E-state index in [2.05, 4.69) is 10.3 Å². The zero-order chi connectivity index (χ0) is 15.6. The van der Waals surface area contributed by atoms with Crippen molar-refractivity contribution in [3.8, 4) is 0 Å². The van der Waals surface area contributed by atoms with Gasteiger partial charge in [-0.3, -0.25) is 4.79 Å². The van der Waals surface area contributed by atoms with Crippen LogP contribution >= 0.6 is 58.0 Å². The molecule has 1 heterocycles. The van der Waals surface area contributed by atoms with Crippen LogP contribution in [-0.2, 0) is 3.79 Å². The molecule has 0 bridgehead atoms. The normalized spacial score (nSPS) is 11.3. The van der Waals surface area contributed by atoms with E-state index in [1.54, 1.807) is 6.07 Å². The Kier molecular flexibility index (Phi) is 5.23. The highest BCUT2D eigenvalue weighted by Crippen LogP contribution is 2.38. The van der Waals surface area contributed by atoms with E-state index in [0.717, 1.165) is 0 Å². The number of alkyl halides is 3. The first-order valence-electron chi connectivity index (χ1n) is 5.57. The number of nitrogens with zero attached hydrogens (tertiary/aromatic N) is 1. The Balaban J connectivity index is 2.24. The molecule has 1 amide bonds. The summed E-state index contributed by atoms with van der Waals surface area (Å²) in [6, 6.07) is 7.56. The number of nitrogens with one attached hydrogen (secondary N) is 1. The number of halogens is 5. The molecule has 0 aliphatic carbocycles. The lowest BCUT2D eigenvalue weighted by atomic mass is 10.2. The van der Waals surface area contributed by atoms with Gasteiger partial charge >= 0.3 is 0 Å².